The molecule has 0 amide bonds. The van der Waals surface area contributed by atoms with Crippen LogP contribution in [0.5, 0.6) is 0 Å². The number of hydrogen-bond donors (Lipinski definition) is 2. The van der Waals surface area contributed by atoms with Crippen molar-refractivity contribution in [3.63, 3.8) is 0 Å². The third-order valence-corrected chi connectivity index (χ3v) is 2.60. The van der Waals surface area contributed by atoms with Gasteiger partial charge in [0.15, 0.2) is 0 Å². The molecule has 15 heavy (non-hydrogen) atoms. The normalized spacial score (nSPS) is 12.8. The Kier molecular flexibility index (Phi) is 4.72. The first-order valence-corrected chi connectivity index (χ1v) is 5.26. The van der Waals surface area contributed by atoms with Gasteiger partial charge in [-0.25, -0.2) is 4.39 Å². The third-order valence-electron chi connectivity index (χ3n) is 2.60. The average Bonchev–Trinajstić information content (AvgIpc) is 2.22. The predicted octanol–water partition coefficient (Wildman–Crippen LogP) is 1.99. The molecule has 0 spiro atoms. The molecule has 0 aromatic heterocycles. The zero-order chi connectivity index (χ0) is 11.3. The minimum atomic E-state index is -0.203. The van der Waals surface area contributed by atoms with Crippen LogP contribution in [-0.2, 0) is 6.54 Å². The maximum absolute atomic E-state index is 12.8. The highest BCUT2D eigenvalue weighted by atomic mass is 19.1. The summed E-state index contributed by atoms with van der Waals surface area (Å²) in [5.74, 6) is -0.203. The van der Waals surface area contributed by atoms with Crippen molar-refractivity contribution in [2.45, 2.75) is 32.9 Å². The second kappa shape index (κ2) is 5.83. The van der Waals surface area contributed by atoms with E-state index in [0.717, 1.165) is 17.5 Å². The zero-order valence-corrected chi connectivity index (χ0v) is 9.26. The van der Waals surface area contributed by atoms with Crippen molar-refractivity contribution in [2.75, 3.05) is 6.61 Å². The predicted molar refractivity (Wildman–Crippen MR) is 59.1 cm³/mol. The number of nitrogens with one attached hydrogen (secondary N) is 1. The van der Waals surface area contributed by atoms with Crippen LogP contribution in [0.2, 0.25) is 0 Å². The van der Waals surface area contributed by atoms with Crippen LogP contribution in [-0.4, -0.2) is 17.8 Å². The van der Waals surface area contributed by atoms with Crippen molar-refractivity contribution in [3.05, 3.63) is 35.1 Å². The molecule has 2 N–H and O–H groups in total. The minimum Gasteiger partial charge on any atom is -0.395 e. The Balaban J connectivity index is 2.57. The van der Waals surface area contributed by atoms with E-state index < -0.39 is 0 Å². The van der Waals surface area contributed by atoms with Crippen molar-refractivity contribution in [2.24, 2.45) is 0 Å². The van der Waals surface area contributed by atoms with E-state index in [4.69, 9.17) is 5.11 Å². The Hall–Kier alpha value is -0.930. The number of hydrogen-bond acceptors (Lipinski definition) is 2. The number of aliphatic hydroxyl groups is 1. The Morgan fingerprint density at radius 2 is 2.20 bits per heavy atom. The van der Waals surface area contributed by atoms with Gasteiger partial charge in [-0.3, -0.25) is 0 Å². The molecule has 0 saturated carbocycles. The lowest BCUT2D eigenvalue weighted by atomic mass is 10.1. The molecule has 84 valence electrons. The largest absolute Gasteiger partial charge is 0.395 e. The van der Waals surface area contributed by atoms with E-state index >= 15 is 0 Å². The molecule has 1 rings (SSSR count). The molecule has 1 atom stereocenters. The summed E-state index contributed by atoms with van der Waals surface area (Å²) in [6.45, 7) is 4.72. The van der Waals surface area contributed by atoms with Crippen LogP contribution in [0, 0.1) is 12.7 Å². The maximum atomic E-state index is 12.8. The minimum absolute atomic E-state index is 0.120. The summed E-state index contributed by atoms with van der Waals surface area (Å²) in [4.78, 5) is 0. The van der Waals surface area contributed by atoms with Crippen LogP contribution in [0.3, 0.4) is 0 Å². The van der Waals surface area contributed by atoms with Crippen LogP contribution in [0.15, 0.2) is 18.2 Å². The molecule has 1 aromatic carbocycles. The molecule has 0 fully saturated rings. The number of benzene rings is 1. The van der Waals surface area contributed by atoms with Crippen molar-refractivity contribution < 1.29 is 9.50 Å². The van der Waals surface area contributed by atoms with Gasteiger partial charge >= 0.3 is 0 Å². The molecular formula is C12H18FNO. The molecular weight excluding hydrogens is 193 g/mol. The van der Waals surface area contributed by atoms with Gasteiger partial charge in [0.25, 0.3) is 0 Å². The second-order valence-electron chi connectivity index (χ2n) is 3.74. The van der Waals surface area contributed by atoms with E-state index in [1.165, 1.54) is 12.1 Å². The summed E-state index contributed by atoms with van der Waals surface area (Å²) in [6.07, 6.45) is 0.886. The molecule has 0 radical (unpaired) electrons. The zero-order valence-electron chi connectivity index (χ0n) is 9.26. The highest BCUT2D eigenvalue weighted by molar-refractivity contribution is 5.26. The summed E-state index contributed by atoms with van der Waals surface area (Å²) in [5.41, 5.74) is 2.01. The Morgan fingerprint density at radius 1 is 1.47 bits per heavy atom. The van der Waals surface area contributed by atoms with Crippen molar-refractivity contribution in [1.82, 2.24) is 5.32 Å². The number of aliphatic hydroxyl groups excluding tert-OH is 1. The van der Waals surface area contributed by atoms with E-state index in [0.29, 0.717) is 6.54 Å². The van der Waals surface area contributed by atoms with Crippen LogP contribution in [0.1, 0.15) is 24.5 Å². The summed E-state index contributed by atoms with van der Waals surface area (Å²) in [6, 6.07) is 4.89. The van der Waals surface area contributed by atoms with Crippen LogP contribution < -0.4 is 5.32 Å². The topological polar surface area (TPSA) is 32.3 Å². The third kappa shape index (κ3) is 3.61. The van der Waals surface area contributed by atoms with Gasteiger partial charge in [-0.05, 0) is 36.6 Å². The fourth-order valence-corrected chi connectivity index (χ4v) is 1.45. The van der Waals surface area contributed by atoms with Crippen LogP contribution >= 0.6 is 0 Å². The van der Waals surface area contributed by atoms with E-state index in [9.17, 15) is 4.39 Å². The first kappa shape index (κ1) is 12.1. The van der Waals surface area contributed by atoms with Crippen LogP contribution in [0.4, 0.5) is 4.39 Å². The standard InChI is InChI=1S/C12H18FNO/c1-3-12(8-15)14-7-10-4-5-11(13)6-9(10)2/h4-6,12,14-15H,3,7-8H2,1-2H3/t12-/m1/s1. The van der Waals surface area contributed by atoms with Gasteiger partial charge in [-0.15, -0.1) is 0 Å². The van der Waals surface area contributed by atoms with Gasteiger partial charge < -0.3 is 10.4 Å². The van der Waals surface area contributed by atoms with Gasteiger partial charge in [0.2, 0.25) is 0 Å². The first-order chi connectivity index (χ1) is 7.17. The van der Waals surface area contributed by atoms with Crippen molar-refractivity contribution in [1.29, 1.82) is 0 Å². The Labute approximate surface area is 90.1 Å². The Bertz CT molecular complexity index is 310. The Morgan fingerprint density at radius 3 is 2.73 bits per heavy atom. The van der Waals surface area contributed by atoms with Crippen molar-refractivity contribution >= 4 is 0 Å². The van der Waals surface area contributed by atoms with Gasteiger partial charge in [0, 0.05) is 12.6 Å². The number of rotatable bonds is 5. The molecule has 0 unspecified atom stereocenters. The molecule has 1 aromatic rings. The lowest BCUT2D eigenvalue weighted by Gasteiger charge is -2.15. The number of aryl methyl sites for hydroxylation is 1. The summed E-state index contributed by atoms with van der Waals surface area (Å²) >= 11 is 0. The fourth-order valence-electron chi connectivity index (χ4n) is 1.45. The highest BCUT2D eigenvalue weighted by Gasteiger charge is 2.05. The lowest BCUT2D eigenvalue weighted by molar-refractivity contribution is 0.238. The summed E-state index contributed by atoms with van der Waals surface area (Å²) in [7, 11) is 0. The van der Waals surface area contributed by atoms with Gasteiger partial charge in [-0.1, -0.05) is 13.0 Å². The lowest BCUT2D eigenvalue weighted by Crippen LogP contribution is -2.31. The molecule has 0 heterocycles. The van der Waals surface area contributed by atoms with Crippen LogP contribution in [0.25, 0.3) is 0 Å². The second-order valence-corrected chi connectivity index (χ2v) is 3.74. The first-order valence-electron chi connectivity index (χ1n) is 5.26. The van der Waals surface area contributed by atoms with E-state index in [1.807, 2.05) is 13.8 Å². The molecule has 0 saturated heterocycles. The van der Waals surface area contributed by atoms with E-state index in [-0.39, 0.29) is 18.5 Å². The molecule has 2 nitrogen and oxygen atoms in total. The average molecular weight is 211 g/mol. The molecule has 0 aliphatic rings. The van der Waals surface area contributed by atoms with Crippen molar-refractivity contribution in [3.8, 4) is 0 Å². The molecule has 3 heteroatoms. The molecule has 0 bridgehead atoms. The fraction of sp³-hybridized carbons (Fsp3) is 0.500. The van der Waals surface area contributed by atoms with E-state index in [2.05, 4.69) is 5.32 Å². The van der Waals surface area contributed by atoms with Gasteiger partial charge in [0.1, 0.15) is 5.82 Å². The monoisotopic (exact) mass is 211 g/mol. The SMILES string of the molecule is CC[C@H](CO)NCc1ccc(F)cc1C. The number of halogens is 1. The highest BCUT2D eigenvalue weighted by Crippen LogP contribution is 2.10. The molecule has 0 aliphatic carbocycles. The molecule has 0 aliphatic heterocycles. The van der Waals surface area contributed by atoms with E-state index in [1.54, 1.807) is 6.07 Å². The summed E-state index contributed by atoms with van der Waals surface area (Å²) in [5, 5.41) is 12.2. The maximum Gasteiger partial charge on any atom is 0.123 e. The van der Waals surface area contributed by atoms with Gasteiger partial charge in [-0.2, -0.15) is 0 Å². The quantitative estimate of drug-likeness (QED) is 0.780. The summed E-state index contributed by atoms with van der Waals surface area (Å²) < 4.78 is 12.8. The smallest absolute Gasteiger partial charge is 0.123 e. The van der Waals surface area contributed by atoms with Gasteiger partial charge in [0.05, 0.1) is 6.61 Å².